The van der Waals surface area contributed by atoms with Gasteiger partial charge < -0.3 is 10.6 Å². The maximum atomic E-state index is 6.08. The molecule has 1 unspecified atom stereocenters. The Bertz CT molecular complexity index is 439. The van der Waals surface area contributed by atoms with Crippen LogP contribution in [0.4, 0.5) is 0 Å². The van der Waals surface area contributed by atoms with Gasteiger partial charge in [0.25, 0.3) is 0 Å². The largest absolute Gasteiger partial charge is 0.370 e. The van der Waals surface area contributed by atoms with E-state index in [2.05, 4.69) is 48.0 Å². The normalized spacial score (nSPS) is 20.6. The molecule has 1 aromatic rings. The number of benzene rings is 1. The lowest BCUT2D eigenvalue weighted by Gasteiger charge is -2.31. The van der Waals surface area contributed by atoms with Crippen molar-refractivity contribution in [3.8, 4) is 0 Å². The molecule has 0 spiro atoms. The number of nitrogens with zero attached hydrogens (tertiary/aromatic N) is 2. The first-order valence-electron chi connectivity index (χ1n) is 7.25. The van der Waals surface area contributed by atoms with Crippen molar-refractivity contribution in [1.29, 1.82) is 0 Å². The first kappa shape index (κ1) is 13.9. The van der Waals surface area contributed by atoms with E-state index in [0.717, 1.165) is 37.9 Å². The van der Waals surface area contributed by atoms with E-state index in [1.54, 1.807) is 0 Å². The van der Waals surface area contributed by atoms with E-state index in [0.29, 0.717) is 0 Å². The molecule has 0 radical (unpaired) electrons. The van der Waals surface area contributed by atoms with Crippen LogP contribution in [0.25, 0.3) is 0 Å². The molecular weight excluding hydrogens is 234 g/mol. The summed E-state index contributed by atoms with van der Waals surface area (Å²) in [5.74, 6) is 1.46. The lowest BCUT2D eigenvalue weighted by atomic mass is 10.0. The highest BCUT2D eigenvalue weighted by Crippen LogP contribution is 2.14. The van der Waals surface area contributed by atoms with Gasteiger partial charge in [0, 0.05) is 19.6 Å². The number of aryl methyl sites for hydroxylation is 1. The minimum atomic E-state index is 0.721. The van der Waals surface area contributed by atoms with Crippen molar-refractivity contribution in [2.45, 2.75) is 33.1 Å². The molecule has 3 heteroatoms. The van der Waals surface area contributed by atoms with Gasteiger partial charge in [-0.15, -0.1) is 0 Å². The molecule has 1 fully saturated rings. The lowest BCUT2D eigenvalue weighted by Crippen LogP contribution is -2.43. The molecule has 0 amide bonds. The summed E-state index contributed by atoms with van der Waals surface area (Å²) in [4.78, 5) is 6.75. The van der Waals surface area contributed by atoms with Crippen molar-refractivity contribution in [3.63, 3.8) is 0 Å². The molecule has 1 aliphatic heterocycles. The van der Waals surface area contributed by atoms with Crippen molar-refractivity contribution in [3.05, 3.63) is 35.4 Å². The Morgan fingerprint density at radius 3 is 3.05 bits per heavy atom. The fourth-order valence-corrected chi connectivity index (χ4v) is 2.66. The summed E-state index contributed by atoms with van der Waals surface area (Å²) in [6, 6.07) is 8.59. The van der Waals surface area contributed by atoms with E-state index in [1.807, 2.05) is 0 Å². The zero-order valence-corrected chi connectivity index (χ0v) is 12.1. The van der Waals surface area contributed by atoms with Crippen molar-refractivity contribution in [2.24, 2.45) is 16.6 Å². The van der Waals surface area contributed by atoms with Gasteiger partial charge in [0.05, 0.1) is 0 Å². The van der Waals surface area contributed by atoms with Crippen LogP contribution < -0.4 is 5.73 Å². The van der Waals surface area contributed by atoms with Crippen molar-refractivity contribution < 1.29 is 0 Å². The second-order valence-electron chi connectivity index (χ2n) is 5.67. The number of aliphatic imine (C=N–C) groups is 1. The van der Waals surface area contributed by atoms with Gasteiger partial charge in [-0.3, -0.25) is 4.99 Å². The van der Waals surface area contributed by atoms with Crippen LogP contribution in [0.5, 0.6) is 0 Å². The van der Waals surface area contributed by atoms with E-state index in [1.165, 1.54) is 24.0 Å². The summed E-state index contributed by atoms with van der Waals surface area (Å²) in [6.07, 6.45) is 3.51. The van der Waals surface area contributed by atoms with Crippen LogP contribution >= 0.6 is 0 Å². The van der Waals surface area contributed by atoms with E-state index >= 15 is 0 Å². The van der Waals surface area contributed by atoms with E-state index in [4.69, 9.17) is 5.73 Å². The zero-order valence-electron chi connectivity index (χ0n) is 12.1. The van der Waals surface area contributed by atoms with Crippen LogP contribution in [0, 0.1) is 12.8 Å². The predicted molar refractivity (Wildman–Crippen MR) is 81.3 cm³/mol. The summed E-state index contributed by atoms with van der Waals surface area (Å²) in [7, 11) is 0. The Hall–Kier alpha value is -1.51. The predicted octanol–water partition coefficient (Wildman–Crippen LogP) is 2.58. The van der Waals surface area contributed by atoms with Gasteiger partial charge >= 0.3 is 0 Å². The molecule has 0 saturated carbocycles. The Morgan fingerprint density at radius 2 is 2.32 bits per heavy atom. The van der Waals surface area contributed by atoms with Crippen molar-refractivity contribution >= 4 is 5.96 Å². The highest BCUT2D eigenvalue weighted by molar-refractivity contribution is 5.78. The first-order valence-corrected chi connectivity index (χ1v) is 7.25. The standard InChI is InChI=1S/C16H25N3/c1-13-5-3-7-15(11-13)8-9-18-16(17)19-10-4-6-14(2)12-19/h3,5,7,11,14H,4,6,8-10,12H2,1-2H3,(H2,17,18). The van der Waals surface area contributed by atoms with Gasteiger partial charge in [-0.25, -0.2) is 0 Å². The number of guanidine groups is 1. The third-order valence-electron chi connectivity index (χ3n) is 3.74. The summed E-state index contributed by atoms with van der Waals surface area (Å²) in [6.45, 7) is 7.30. The van der Waals surface area contributed by atoms with Crippen LogP contribution in [-0.2, 0) is 6.42 Å². The molecule has 104 valence electrons. The number of nitrogens with two attached hydrogens (primary N) is 1. The first-order chi connectivity index (χ1) is 9.15. The van der Waals surface area contributed by atoms with E-state index < -0.39 is 0 Å². The maximum absolute atomic E-state index is 6.08. The van der Waals surface area contributed by atoms with Gasteiger partial charge in [-0.05, 0) is 37.7 Å². The number of rotatable bonds is 3. The van der Waals surface area contributed by atoms with Crippen molar-refractivity contribution in [2.75, 3.05) is 19.6 Å². The number of likely N-dealkylation sites (tertiary alicyclic amines) is 1. The Balaban J connectivity index is 1.84. The molecule has 1 heterocycles. The number of hydrogen-bond acceptors (Lipinski definition) is 1. The lowest BCUT2D eigenvalue weighted by molar-refractivity contribution is 0.270. The second kappa shape index (κ2) is 6.60. The minimum Gasteiger partial charge on any atom is -0.370 e. The Labute approximate surface area is 116 Å². The monoisotopic (exact) mass is 259 g/mol. The molecule has 1 aliphatic rings. The highest BCUT2D eigenvalue weighted by atomic mass is 15.3. The molecule has 19 heavy (non-hydrogen) atoms. The molecule has 0 aromatic heterocycles. The highest BCUT2D eigenvalue weighted by Gasteiger charge is 2.17. The second-order valence-corrected chi connectivity index (χ2v) is 5.67. The quantitative estimate of drug-likeness (QED) is 0.669. The van der Waals surface area contributed by atoms with E-state index in [-0.39, 0.29) is 0 Å². The molecule has 2 N–H and O–H groups in total. The third kappa shape index (κ3) is 4.27. The smallest absolute Gasteiger partial charge is 0.191 e. The molecular formula is C16H25N3. The molecule has 1 saturated heterocycles. The average Bonchev–Trinajstić information content (AvgIpc) is 2.38. The topological polar surface area (TPSA) is 41.6 Å². The Morgan fingerprint density at radius 1 is 1.47 bits per heavy atom. The Kier molecular flexibility index (Phi) is 4.83. The van der Waals surface area contributed by atoms with Crippen LogP contribution in [0.2, 0.25) is 0 Å². The molecule has 2 rings (SSSR count). The fourth-order valence-electron chi connectivity index (χ4n) is 2.66. The van der Waals surface area contributed by atoms with Gasteiger partial charge in [0.1, 0.15) is 0 Å². The molecule has 0 bridgehead atoms. The SMILES string of the molecule is Cc1cccc(CCN=C(N)N2CCCC(C)C2)c1. The van der Waals surface area contributed by atoms with Crippen molar-refractivity contribution in [1.82, 2.24) is 4.90 Å². The molecule has 1 aromatic carbocycles. The summed E-state index contributed by atoms with van der Waals surface area (Å²) in [5, 5.41) is 0. The van der Waals surface area contributed by atoms with Gasteiger partial charge in [-0.2, -0.15) is 0 Å². The molecule has 0 aliphatic carbocycles. The van der Waals surface area contributed by atoms with Crippen LogP contribution in [0.3, 0.4) is 0 Å². The summed E-state index contributed by atoms with van der Waals surface area (Å²) < 4.78 is 0. The van der Waals surface area contributed by atoms with Gasteiger partial charge in [0.15, 0.2) is 5.96 Å². The third-order valence-corrected chi connectivity index (χ3v) is 3.74. The summed E-state index contributed by atoms with van der Waals surface area (Å²) in [5.41, 5.74) is 8.72. The van der Waals surface area contributed by atoms with Gasteiger partial charge in [-0.1, -0.05) is 36.8 Å². The number of hydrogen-bond donors (Lipinski definition) is 1. The summed E-state index contributed by atoms with van der Waals surface area (Å²) >= 11 is 0. The molecule has 3 nitrogen and oxygen atoms in total. The van der Waals surface area contributed by atoms with E-state index in [9.17, 15) is 0 Å². The maximum Gasteiger partial charge on any atom is 0.191 e. The van der Waals surface area contributed by atoms with Gasteiger partial charge in [0.2, 0.25) is 0 Å². The number of piperidine rings is 1. The van der Waals surface area contributed by atoms with Crippen LogP contribution in [0.1, 0.15) is 30.9 Å². The fraction of sp³-hybridized carbons (Fsp3) is 0.562. The van der Waals surface area contributed by atoms with Crippen LogP contribution in [0.15, 0.2) is 29.3 Å². The average molecular weight is 259 g/mol. The molecule has 1 atom stereocenters. The minimum absolute atomic E-state index is 0.721. The van der Waals surface area contributed by atoms with Crippen LogP contribution in [-0.4, -0.2) is 30.5 Å². The zero-order chi connectivity index (χ0) is 13.7.